The quantitative estimate of drug-likeness (QED) is 0.317. The molecule has 0 atom stereocenters. The molecule has 0 amide bonds. The molecular formula is C4H8Mg. The maximum atomic E-state index is 3.36. The molecule has 0 nitrogen and oxygen atoms in total. The lowest BCUT2D eigenvalue weighted by atomic mass is 10.6. The van der Waals surface area contributed by atoms with E-state index >= 15 is 0 Å². The second-order valence-corrected chi connectivity index (χ2v) is 0.471. The Morgan fingerprint density at radius 2 is 1.20 bits per heavy atom. The summed E-state index contributed by atoms with van der Waals surface area (Å²) < 4.78 is 0. The number of hydrogen-bond donors (Lipinski definition) is 0. The van der Waals surface area contributed by atoms with Gasteiger partial charge in [0.1, 0.15) is 0 Å². The molecule has 0 aliphatic carbocycles. The van der Waals surface area contributed by atoms with Gasteiger partial charge in [-0.15, -0.1) is 0 Å². The van der Waals surface area contributed by atoms with E-state index in [1.165, 1.54) is 0 Å². The fourth-order valence-electron chi connectivity index (χ4n) is 0. The smallest absolute Gasteiger partial charge is 0.0991 e. The van der Waals surface area contributed by atoms with Crippen molar-refractivity contribution in [2.45, 2.75) is 0 Å². The molecule has 0 heterocycles. The Morgan fingerprint density at radius 1 is 1.00 bits per heavy atom. The summed E-state index contributed by atoms with van der Waals surface area (Å²) in [6, 6.07) is 0. The number of rotatable bonds is 1. The molecule has 1 heteroatoms. The minimum absolute atomic E-state index is 0. The molecule has 0 bridgehead atoms. The fraction of sp³-hybridized carbons (Fsp3) is 0. The van der Waals surface area contributed by atoms with E-state index in [2.05, 4.69) is 13.2 Å². The van der Waals surface area contributed by atoms with Gasteiger partial charge < -0.3 is 0 Å². The predicted molar refractivity (Wildman–Crippen MR) is 28.9 cm³/mol. The number of hydrogen-bond acceptors (Lipinski definition) is 0. The summed E-state index contributed by atoms with van der Waals surface area (Å²) in [5.74, 6) is 0. The van der Waals surface area contributed by atoms with Gasteiger partial charge in [-0.25, -0.2) is 0 Å². The van der Waals surface area contributed by atoms with Crippen LogP contribution < -0.4 is 0 Å². The Labute approximate surface area is 48.7 Å². The summed E-state index contributed by atoms with van der Waals surface area (Å²) in [6.07, 6.45) is 3.28. The van der Waals surface area contributed by atoms with Crippen LogP contribution in [0.2, 0.25) is 0 Å². The molecule has 0 rings (SSSR count). The Morgan fingerprint density at radius 3 is 1.20 bits per heavy atom. The zero-order valence-electron chi connectivity index (χ0n) is 2.57. The van der Waals surface area contributed by atoms with E-state index in [4.69, 9.17) is 0 Å². The van der Waals surface area contributed by atoms with E-state index in [1.807, 2.05) is 0 Å². The highest BCUT2D eigenvalue weighted by atomic mass is 24.3. The first-order chi connectivity index (χ1) is 1.91. The molecule has 0 saturated heterocycles. The van der Waals surface area contributed by atoms with Crippen molar-refractivity contribution in [2.75, 3.05) is 0 Å². The monoisotopic (exact) mass is 80.0 g/mol. The standard InChI is InChI=1S/C4H6.Mg.2H/c1-3-4-2;;;/h3-4H,1-2H2;;;. The molecule has 26 valence electrons. The average Bonchev–Trinajstić information content (AvgIpc) is 1.37. The molecule has 0 aromatic rings. The van der Waals surface area contributed by atoms with Gasteiger partial charge >= 0.3 is 23.1 Å². The van der Waals surface area contributed by atoms with E-state index < -0.39 is 0 Å². The van der Waals surface area contributed by atoms with E-state index in [9.17, 15) is 0 Å². The third-order valence-electron chi connectivity index (χ3n) is 0.167. The first kappa shape index (κ1) is 8.98. The van der Waals surface area contributed by atoms with Crippen LogP contribution in [-0.2, 0) is 0 Å². The first-order valence-corrected chi connectivity index (χ1v) is 1.15. The molecule has 0 spiro atoms. The van der Waals surface area contributed by atoms with Gasteiger partial charge in [-0.2, -0.15) is 0 Å². The highest BCUT2D eigenvalue weighted by Crippen LogP contribution is 1.52. The molecule has 0 saturated carbocycles. The molecule has 0 aliphatic heterocycles. The Hall–Kier alpha value is 0.246. The molecule has 0 unspecified atom stereocenters. The zero-order chi connectivity index (χ0) is 3.41. The first-order valence-electron chi connectivity index (χ1n) is 1.15. The highest BCUT2D eigenvalue weighted by molar-refractivity contribution is 5.75. The van der Waals surface area contributed by atoms with Crippen LogP contribution >= 0.6 is 0 Å². The van der Waals surface area contributed by atoms with Gasteiger partial charge in [-0.1, -0.05) is 25.3 Å². The lowest BCUT2D eigenvalue weighted by molar-refractivity contribution is 2.15. The van der Waals surface area contributed by atoms with Gasteiger partial charge in [0.15, 0.2) is 0 Å². The minimum atomic E-state index is 0. The van der Waals surface area contributed by atoms with E-state index in [1.54, 1.807) is 12.2 Å². The lowest BCUT2D eigenvalue weighted by Gasteiger charge is -1.44. The van der Waals surface area contributed by atoms with Crippen LogP contribution in [0.15, 0.2) is 25.3 Å². The van der Waals surface area contributed by atoms with Crippen molar-refractivity contribution in [3.63, 3.8) is 0 Å². The van der Waals surface area contributed by atoms with E-state index in [-0.39, 0.29) is 23.1 Å². The maximum Gasteiger partial charge on any atom is 0.316 e. The number of allylic oxidation sites excluding steroid dienone is 2. The Balaban J connectivity index is 0. The lowest BCUT2D eigenvalue weighted by Crippen LogP contribution is -1.21. The van der Waals surface area contributed by atoms with Crippen LogP contribution in [0.4, 0.5) is 0 Å². The molecule has 0 N–H and O–H groups in total. The maximum absolute atomic E-state index is 3.36. The molecule has 0 aromatic carbocycles. The predicted octanol–water partition coefficient (Wildman–Crippen LogP) is 0.442. The van der Waals surface area contributed by atoms with Crippen molar-refractivity contribution < 1.29 is 0 Å². The van der Waals surface area contributed by atoms with Crippen LogP contribution in [0, 0.1) is 0 Å². The van der Waals surface area contributed by atoms with Gasteiger partial charge in [-0.05, 0) is 0 Å². The normalized spacial score (nSPS) is 4.00. The van der Waals surface area contributed by atoms with Gasteiger partial charge in [0.05, 0.1) is 0 Å². The Kier molecular flexibility index (Phi) is 15.9. The molecular weight excluding hydrogens is 72.3 g/mol. The van der Waals surface area contributed by atoms with E-state index in [0.717, 1.165) is 0 Å². The summed E-state index contributed by atoms with van der Waals surface area (Å²) in [5.41, 5.74) is 0. The van der Waals surface area contributed by atoms with Crippen molar-refractivity contribution >= 4 is 23.1 Å². The van der Waals surface area contributed by atoms with Crippen molar-refractivity contribution in [2.24, 2.45) is 0 Å². The van der Waals surface area contributed by atoms with E-state index in [0.29, 0.717) is 0 Å². The zero-order valence-corrected chi connectivity index (χ0v) is 2.57. The Bertz CT molecular complexity index is 24.6. The summed E-state index contributed by atoms with van der Waals surface area (Å²) in [4.78, 5) is 0. The van der Waals surface area contributed by atoms with Gasteiger partial charge in [0.25, 0.3) is 0 Å². The second kappa shape index (κ2) is 8.87. The third-order valence-corrected chi connectivity index (χ3v) is 0.167. The highest BCUT2D eigenvalue weighted by Gasteiger charge is 1.29. The van der Waals surface area contributed by atoms with Crippen molar-refractivity contribution in [3.8, 4) is 0 Å². The molecule has 0 aliphatic rings. The topological polar surface area (TPSA) is 0 Å². The van der Waals surface area contributed by atoms with Gasteiger partial charge in [0.2, 0.25) is 0 Å². The van der Waals surface area contributed by atoms with Crippen LogP contribution in [-0.4, -0.2) is 23.1 Å². The van der Waals surface area contributed by atoms with Crippen molar-refractivity contribution in [3.05, 3.63) is 25.3 Å². The summed E-state index contributed by atoms with van der Waals surface area (Å²) in [5, 5.41) is 0. The van der Waals surface area contributed by atoms with Gasteiger partial charge in [-0.3, -0.25) is 0 Å². The van der Waals surface area contributed by atoms with Crippen LogP contribution in [0.25, 0.3) is 0 Å². The average molecular weight is 80.4 g/mol. The summed E-state index contributed by atoms with van der Waals surface area (Å²) >= 11 is 0. The van der Waals surface area contributed by atoms with Crippen LogP contribution in [0.1, 0.15) is 0 Å². The summed E-state index contributed by atoms with van der Waals surface area (Å²) in [6.45, 7) is 6.72. The molecule has 0 aromatic heterocycles. The largest absolute Gasteiger partial charge is 0.316 e. The molecule has 0 radical (unpaired) electrons. The minimum Gasteiger partial charge on any atom is -0.0991 e. The summed E-state index contributed by atoms with van der Waals surface area (Å²) in [7, 11) is 0. The SMILES string of the molecule is C=CC=C.[MgH2]. The molecule has 5 heavy (non-hydrogen) atoms. The van der Waals surface area contributed by atoms with Crippen LogP contribution in [0.3, 0.4) is 0 Å². The fourth-order valence-corrected chi connectivity index (χ4v) is 0. The van der Waals surface area contributed by atoms with Gasteiger partial charge in [0, 0.05) is 0 Å². The molecule has 0 fully saturated rings. The third kappa shape index (κ3) is 13.8. The van der Waals surface area contributed by atoms with Crippen molar-refractivity contribution in [1.82, 2.24) is 0 Å². The second-order valence-electron chi connectivity index (χ2n) is 0.471. The van der Waals surface area contributed by atoms with Crippen molar-refractivity contribution in [1.29, 1.82) is 0 Å². The van der Waals surface area contributed by atoms with Crippen LogP contribution in [0.5, 0.6) is 0 Å².